The Balaban J connectivity index is 3.62. The van der Waals surface area contributed by atoms with Crippen LogP contribution in [0.15, 0.2) is 0 Å². The minimum absolute atomic E-state index is 0.0655. The van der Waals surface area contributed by atoms with Crippen LogP contribution in [-0.4, -0.2) is 33.8 Å². The van der Waals surface area contributed by atoms with Gasteiger partial charge in [0.25, 0.3) is 0 Å². The lowest BCUT2D eigenvalue weighted by molar-refractivity contribution is -0.140. The maximum Gasteiger partial charge on any atom is 0.322 e. The van der Waals surface area contributed by atoms with Crippen LogP contribution >= 0.6 is 22.6 Å². The Labute approximate surface area is 92.0 Å². The number of carboxylic acid groups (broad SMARTS) is 1. The van der Waals surface area contributed by atoms with Crippen molar-refractivity contribution < 1.29 is 14.6 Å². The first-order valence-electron chi connectivity index (χ1n) is 4.14. The number of hydrogen-bond donors (Lipinski definition) is 2. The molecule has 0 saturated heterocycles. The fourth-order valence-corrected chi connectivity index (χ4v) is 0.792. The van der Waals surface area contributed by atoms with Gasteiger partial charge in [0, 0.05) is 3.42 Å². The molecular formula is C8H16INO3. The molecule has 78 valence electrons. The molecule has 0 aliphatic rings. The van der Waals surface area contributed by atoms with E-state index in [1.165, 1.54) is 0 Å². The van der Waals surface area contributed by atoms with Crippen LogP contribution in [-0.2, 0) is 9.53 Å². The van der Waals surface area contributed by atoms with Gasteiger partial charge in [0.05, 0.1) is 13.2 Å². The molecule has 13 heavy (non-hydrogen) atoms. The molecule has 0 rings (SSSR count). The van der Waals surface area contributed by atoms with Crippen molar-refractivity contribution in [2.75, 3.05) is 13.2 Å². The summed E-state index contributed by atoms with van der Waals surface area (Å²) in [5.74, 6) is -1.02. The number of alkyl halides is 1. The van der Waals surface area contributed by atoms with Crippen LogP contribution < -0.4 is 5.73 Å². The molecular weight excluding hydrogens is 285 g/mol. The molecule has 0 radical (unpaired) electrons. The Morgan fingerprint density at radius 3 is 2.69 bits per heavy atom. The average Bonchev–Trinajstić information content (AvgIpc) is 2.04. The Morgan fingerprint density at radius 2 is 2.31 bits per heavy atom. The number of carboxylic acids is 1. The smallest absolute Gasteiger partial charge is 0.322 e. The molecule has 0 aromatic rings. The molecule has 3 N–H and O–H groups in total. The largest absolute Gasteiger partial charge is 0.480 e. The van der Waals surface area contributed by atoms with Gasteiger partial charge in [-0.05, 0) is 13.3 Å². The third-order valence-electron chi connectivity index (χ3n) is 1.75. The van der Waals surface area contributed by atoms with Crippen LogP contribution in [0.1, 0.15) is 20.3 Å². The van der Waals surface area contributed by atoms with Crippen LogP contribution in [0.4, 0.5) is 0 Å². The van der Waals surface area contributed by atoms with Crippen LogP contribution in [0.5, 0.6) is 0 Å². The molecule has 2 atom stereocenters. The molecule has 0 spiro atoms. The summed E-state index contributed by atoms with van der Waals surface area (Å²) in [4.78, 5) is 10.3. The van der Waals surface area contributed by atoms with Crippen LogP contribution in [0.2, 0.25) is 0 Å². The van der Waals surface area contributed by atoms with E-state index in [4.69, 9.17) is 15.6 Å². The molecule has 0 fully saturated rings. The molecule has 0 aromatic carbocycles. The molecule has 0 aliphatic heterocycles. The van der Waals surface area contributed by atoms with E-state index < -0.39 is 12.0 Å². The second kappa shape index (κ2) is 5.77. The normalized spacial score (nSPS) is 17.8. The van der Waals surface area contributed by atoms with Crippen LogP contribution in [0.3, 0.4) is 0 Å². The number of aliphatic carboxylic acids is 1. The Hall–Kier alpha value is 0.120. The highest BCUT2D eigenvalue weighted by molar-refractivity contribution is 14.1. The molecule has 0 saturated carbocycles. The minimum atomic E-state index is -1.02. The van der Waals surface area contributed by atoms with Gasteiger partial charge in [0.15, 0.2) is 0 Å². The number of hydrogen-bond acceptors (Lipinski definition) is 3. The van der Waals surface area contributed by atoms with Gasteiger partial charge >= 0.3 is 5.97 Å². The van der Waals surface area contributed by atoms with Gasteiger partial charge in [-0.25, -0.2) is 0 Å². The number of rotatable bonds is 6. The highest BCUT2D eigenvalue weighted by atomic mass is 127. The van der Waals surface area contributed by atoms with Gasteiger partial charge in [-0.15, -0.1) is 0 Å². The van der Waals surface area contributed by atoms with Crippen molar-refractivity contribution in [3.63, 3.8) is 0 Å². The zero-order valence-electron chi connectivity index (χ0n) is 7.92. The Morgan fingerprint density at radius 1 is 1.77 bits per heavy atom. The predicted molar refractivity (Wildman–Crippen MR) is 59.1 cm³/mol. The summed E-state index contributed by atoms with van der Waals surface area (Å²) >= 11 is 2.29. The molecule has 5 heteroatoms. The summed E-state index contributed by atoms with van der Waals surface area (Å²) in [6.45, 7) is 4.73. The van der Waals surface area contributed by atoms with Crippen molar-refractivity contribution in [1.29, 1.82) is 0 Å². The quantitative estimate of drug-likeness (QED) is 0.567. The van der Waals surface area contributed by atoms with Crippen molar-refractivity contribution in [3.8, 4) is 0 Å². The SMILES string of the molecule is CCC(C)(I)COCC(N)C(=O)O. The van der Waals surface area contributed by atoms with E-state index in [0.717, 1.165) is 6.42 Å². The van der Waals surface area contributed by atoms with E-state index in [9.17, 15) is 4.79 Å². The average molecular weight is 301 g/mol. The second-order valence-corrected chi connectivity index (χ2v) is 5.83. The van der Waals surface area contributed by atoms with Crippen LogP contribution in [0.25, 0.3) is 0 Å². The monoisotopic (exact) mass is 301 g/mol. The third-order valence-corrected chi connectivity index (χ3v) is 2.83. The molecule has 0 aromatic heterocycles. The van der Waals surface area contributed by atoms with Crippen molar-refractivity contribution in [2.24, 2.45) is 5.73 Å². The number of ether oxygens (including phenoxy) is 1. The standard InChI is InChI=1S/C8H16INO3/c1-3-8(2,9)5-13-4-6(10)7(11)12/h6H,3-5,10H2,1-2H3,(H,11,12). The number of nitrogens with two attached hydrogens (primary N) is 1. The van der Waals surface area contributed by atoms with E-state index in [1.54, 1.807) is 0 Å². The van der Waals surface area contributed by atoms with Gasteiger partial charge < -0.3 is 15.6 Å². The van der Waals surface area contributed by atoms with Gasteiger partial charge in [0.2, 0.25) is 0 Å². The predicted octanol–water partition coefficient (Wildman–Crippen LogP) is 1.02. The van der Waals surface area contributed by atoms with E-state index in [2.05, 4.69) is 36.4 Å². The summed E-state index contributed by atoms with van der Waals surface area (Å²) in [5, 5.41) is 8.46. The first kappa shape index (κ1) is 13.1. The molecule has 0 bridgehead atoms. The summed E-state index contributed by atoms with van der Waals surface area (Å²) < 4.78 is 5.26. The maximum atomic E-state index is 10.3. The van der Waals surface area contributed by atoms with E-state index >= 15 is 0 Å². The lowest BCUT2D eigenvalue weighted by atomic mass is 10.1. The summed E-state index contributed by atoms with van der Waals surface area (Å²) in [5.41, 5.74) is 5.26. The Bertz CT molecular complexity index is 173. The molecule has 4 nitrogen and oxygen atoms in total. The van der Waals surface area contributed by atoms with Crippen molar-refractivity contribution in [3.05, 3.63) is 0 Å². The minimum Gasteiger partial charge on any atom is -0.480 e. The zero-order valence-corrected chi connectivity index (χ0v) is 10.1. The Kier molecular flexibility index (Phi) is 5.82. The van der Waals surface area contributed by atoms with Gasteiger partial charge in [-0.2, -0.15) is 0 Å². The van der Waals surface area contributed by atoms with Crippen LogP contribution in [0, 0.1) is 0 Å². The lowest BCUT2D eigenvalue weighted by Gasteiger charge is -2.20. The summed E-state index contributed by atoms with van der Waals surface area (Å²) in [6, 6.07) is -0.913. The fourth-order valence-electron chi connectivity index (χ4n) is 0.572. The third kappa shape index (κ3) is 6.23. The second-order valence-electron chi connectivity index (χ2n) is 3.23. The van der Waals surface area contributed by atoms with E-state index in [0.29, 0.717) is 6.61 Å². The van der Waals surface area contributed by atoms with Gasteiger partial charge in [-0.1, -0.05) is 29.5 Å². The first-order valence-corrected chi connectivity index (χ1v) is 5.22. The highest BCUT2D eigenvalue weighted by Crippen LogP contribution is 2.22. The van der Waals surface area contributed by atoms with E-state index in [1.807, 2.05) is 0 Å². The molecule has 2 unspecified atom stereocenters. The zero-order chi connectivity index (χ0) is 10.5. The van der Waals surface area contributed by atoms with Gasteiger partial charge in [-0.3, -0.25) is 4.79 Å². The van der Waals surface area contributed by atoms with Crippen molar-refractivity contribution >= 4 is 28.6 Å². The number of halogens is 1. The molecule has 0 amide bonds. The number of carbonyl (C=O) groups is 1. The maximum absolute atomic E-state index is 10.3. The van der Waals surface area contributed by atoms with Crippen molar-refractivity contribution in [1.82, 2.24) is 0 Å². The topological polar surface area (TPSA) is 72.5 Å². The lowest BCUT2D eigenvalue weighted by Crippen LogP contribution is -2.36. The first-order chi connectivity index (χ1) is 5.89. The summed E-state index contributed by atoms with van der Waals surface area (Å²) in [6.07, 6.45) is 0.982. The molecule has 0 aliphatic carbocycles. The summed E-state index contributed by atoms with van der Waals surface area (Å²) in [7, 11) is 0. The highest BCUT2D eigenvalue weighted by Gasteiger charge is 2.19. The molecule has 0 heterocycles. The van der Waals surface area contributed by atoms with E-state index in [-0.39, 0.29) is 10.0 Å². The van der Waals surface area contributed by atoms with Gasteiger partial charge in [0.1, 0.15) is 6.04 Å². The fraction of sp³-hybridized carbons (Fsp3) is 0.875. The van der Waals surface area contributed by atoms with Crippen molar-refractivity contribution in [2.45, 2.75) is 29.7 Å².